The van der Waals surface area contributed by atoms with Crippen LogP contribution in [0.25, 0.3) is 0 Å². The van der Waals surface area contributed by atoms with Gasteiger partial charge in [0.2, 0.25) is 10.0 Å². The molecule has 0 aliphatic carbocycles. The predicted octanol–water partition coefficient (Wildman–Crippen LogP) is 1.42. The molecular formula is C10H16N2O2S. The molecule has 0 saturated carbocycles. The van der Waals surface area contributed by atoms with Crippen LogP contribution in [0.3, 0.4) is 0 Å². The zero-order valence-electron chi connectivity index (χ0n) is 9.27. The Hall–Kier alpha value is -0.940. The van der Waals surface area contributed by atoms with Gasteiger partial charge in [0.25, 0.3) is 0 Å². The Bertz CT molecular complexity index is 425. The Morgan fingerprint density at radius 2 is 1.93 bits per heavy atom. The van der Waals surface area contributed by atoms with Crippen LogP contribution in [0.15, 0.2) is 23.2 Å². The van der Waals surface area contributed by atoms with E-state index in [0.717, 1.165) is 0 Å². The van der Waals surface area contributed by atoms with Crippen LogP contribution in [0.5, 0.6) is 0 Å². The average molecular weight is 228 g/mol. The molecule has 0 aliphatic heterocycles. The minimum absolute atomic E-state index is 0.318. The third-order valence-electron chi connectivity index (χ3n) is 2.21. The normalized spacial score (nSPS) is 12.0. The Morgan fingerprint density at radius 3 is 2.40 bits per heavy atom. The van der Waals surface area contributed by atoms with Crippen molar-refractivity contribution in [3.05, 3.63) is 24.0 Å². The summed E-state index contributed by atoms with van der Waals surface area (Å²) < 4.78 is 25.5. The largest absolute Gasteiger partial charge is 0.262 e. The monoisotopic (exact) mass is 228 g/mol. The standard InChI is InChI=1S/C10H16N2O2S/c1-4-12(5-2)15(13,14)10-6-7-11-9(3)8-10/h6-8H,4-5H2,1-3H3. The lowest BCUT2D eigenvalue weighted by atomic mass is 10.4. The van der Waals surface area contributed by atoms with E-state index in [1.807, 2.05) is 13.8 Å². The number of pyridine rings is 1. The Balaban J connectivity index is 3.16. The third kappa shape index (κ3) is 2.54. The molecule has 84 valence electrons. The Labute approximate surface area is 91.0 Å². The van der Waals surface area contributed by atoms with Crippen LogP contribution in [-0.4, -0.2) is 30.8 Å². The van der Waals surface area contributed by atoms with Gasteiger partial charge in [-0.2, -0.15) is 4.31 Å². The molecule has 5 heteroatoms. The second-order valence-electron chi connectivity index (χ2n) is 3.22. The molecule has 1 aromatic heterocycles. The molecule has 1 rings (SSSR count). The highest BCUT2D eigenvalue weighted by atomic mass is 32.2. The van der Waals surface area contributed by atoms with Crippen molar-refractivity contribution in [2.75, 3.05) is 13.1 Å². The minimum atomic E-state index is -3.33. The summed E-state index contributed by atoms with van der Waals surface area (Å²) in [6, 6.07) is 3.12. The van der Waals surface area contributed by atoms with Crippen LogP contribution >= 0.6 is 0 Å². The van der Waals surface area contributed by atoms with Crippen LogP contribution in [0.2, 0.25) is 0 Å². The lowest BCUT2D eigenvalue weighted by Crippen LogP contribution is -2.30. The molecule has 1 aromatic rings. The van der Waals surface area contributed by atoms with Gasteiger partial charge in [0.15, 0.2) is 0 Å². The van der Waals surface area contributed by atoms with E-state index in [1.54, 1.807) is 13.0 Å². The van der Waals surface area contributed by atoms with E-state index >= 15 is 0 Å². The molecule has 1 heterocycles. The predicted molar refractivity (Wildman–Crippen MR) is 59.1 cm³/mol. The number of sulfonamides is 1. The number of hydrogen-bond donors (Lipinski definition) is 0. The molecule has 0 saturated heterocycles. The second kappa shape index (κ2) is 4.72. The quantitative estimate of drug-likeness (QED) is 0.783. The fourth-order valence-electron chi connectivity index (χ4n) is 1.39. The number of rotatable bonds is 4. The van der Waals surface area contributed by atoms with E-state index in [9.17, 15) is 8.42 Å². The highest BCUT2D eigenvalue weighted by Crippen LogP contribution is 2.14. The molecule has 4 nitrogen and oxygen atoms in total. The highest BCUT2D eigenvalue weighted by Gasteiger charge is 2.21. The lowest BCUT2D eigenvalue weighted by molar-refractivity contribution is 0.445. The molecule has 0 N–H and O–H groups in total. The van der Waals surface area contributed by atoms with Gasteiger partial charge in [-0.05, 0) is 19.1 Å². The van der Waals surface area contributed by atoms with Crippen molar-refractivity contribution in [3.8, 4) is 0 Å². The van der Waals surface area contributed by atoms with Crippen molar-refractivity contribution in [1.82, 2.24) is 9.29 Å². The van der Waals surface area contributed by atoms with E-state index < -0.39 is 10.0 Å². The summed E-state index contributed by atoms with van der Waals surface area (Å²) in [4.78, 5) is 4.30. The van der Waals surface area contributed by atoms with E-state index in [-0.39, 0.29) is 0 Å². The number of nitrogens with zero attached hydrogens (tertiary/aromatic N) is 2. The van der Waals surface area contributed by atoms with Crippen LogP contribution in [0, 0.1) is 6.92 Å². The number of aryl methyl sites for hydroxylation is 1. The molecule has 0 fully saturated rings. The van der Waals surface area contributed by atoms with Crippen LogP contribution in [0.4, 0.5) is 0 Å². The fraction of sp³-hybridized carbons (Fsp3) is 0.500. The smallest absolute Gasteiger partial charge is 0.243 e. The van der Waals surface area contributed by atoms with E-state index in [4.69, 9.17) is 0 Å². The second-order valence-corrected chi connectivity index (χ2v) is 5.16. The van der Waals surface area contributed by atoms with Gasteiger partial charge in [-0.15, -0.1) is 0 Å². The molecule has 0 spiro atoms. The maximum atomic E-state index is 12.0. The molecular weight excluding hydrogens is 212 g/mol. The molecule has 0 atom stereocenters. The molecule has 0 radical (unpaired) electrons. The van der Waals surface area contributed by atoms with E-state index in [0.29, 0.717) is 23.7 Å². The van der Waals surface area contributed by atoms with Crippen molar-refractivity contribution in [1.29, 1.82) is 0 Å². The maximum absolute atomic E-state index is 12.0. The average Bonchev–Trinajstić information content (AvgIpc) is 2.19. The topological polar surface area (TPSA) is 50.3 Å². The zero-order valence-corrected chi connectivity index (χ0v) is 10.1. The summed E-state index contributed by atoms with van der Waals surface area (Å²) in [7, 11) is -3.33. The first-order chi connectivity index (χ1) is 7.02. The molecule has 0 amide bonds. The first-order valence-corrected chi connectivity index (χ1v) is 6.39. The van der Waals surface area contributed by atoms with Crippen molar-refractivity contribution in [2.45, 2.75) is 25.7 Å². The SMILES string of the molecule is CCN(CC)S(=O)(=O)c1ccnc(C)c1. The van der Waals surface area contributed by atoms with Gasteiger partial charge >= 0.3 is 0 Å². The number of hydrogen-bond acceptors (Lipinski definition) is 3. The summed E-state index contributed by atoms with van der Waals surface area (Å²) in [6.07, 6.45) is 1.52. The van der Waals surface area contributed by atoms with Crippen molar-refractivity contribution >= 4 is 10.0 Å². The van der Waals surface area contributed by atoms with Gasteiger partial charge in [-0.25, -0.2) is 8.42 Å². The van der Waals surface area contributed by atoms with Gasteiger partial charge in [0, 0.05) is 25.0 Å². The summed E-state index contributed by atoms with van der Waals surface area (Å²) in [6.45, 7) is 6.41. The Kier molecular flexibility index (Phi) is 3.82. The molecule has 15 heavy (non-hydrogen) atoms. The summed E-state index contributed by atoms with van der Waals surface area (Å²) in [5, 5.41) is 0. The van der Waals surface area contributed by atoms with E-state index in [2.05, 4.69) is 4.98 Å². The summed E-state index contributed by atoms with van der Waals surface area (Å²) >= 11 is 0. The van der Waals surface area contributed by atoms with Gasteiger partial charge < -0.3 is 0 Å². The van der Waals surface area contributed by atoms with Crippen LogP contribution in [0.1, 0.15) is 19.5 Å². The van der Waals surface area contributed by atoms with Gasteiger partial charge in [0.05, 0.1) is 4.90 Å². The fourth-order valence-corrected chi connectivity index (χ4v) is 2.92. The van der Waals surface area contributed by atoms with Crippen LogP contribution in [-0.2, 0) is 10.0 Å². The summed E-state index contributed by atoms with van der Waals surface area (Å²) in [5.41, 5.74) is 0.711. The van der Waals surface area contributed by atoms with E-state index in [1.165, 1.54) is 16.6 Å². The third-order valence-corrected chi connectivity index (χ3v) is 4.26. The zero-order chi connectivity index (χ0) is 11.5. The van der Waals surface area contributed by atoms with Crippen molar-refractivity contribution in [2.24, 2.45) is 0 Å². The minimum Gasteiger partial charge on any atom is -0.262 e. The van der Waals surface area contributed by atoms with Crippen LogP contribution < -0.4 is 0 Å². The molecule has 0 aromatic carbocycles. The lowest BCUT2D eigenvalue weighted by Gasteiger charge is -2.18. The maximum Gasteiger partial charge on any atom is 0.243 e. The number of aromatic nitrogens is 1. The highest BCUT2D eigenvalue weighted by molar-refractivity contribution is 7.89. The van der Waals surface area contributed by atoms with Gasteiger partial charge in [-0.1, -0.05) is 13.8 Å². The molecule has 0 bridgehead atoms. The Morgan fingerprint density at radius 1 is 1.33 bits per heavy atom. The van der Waals surface area contributed by atoms with Gasteiger partial charge in [0.1, 0.15) is 0 Å². The van der Waals surface area contributed by atoms with Crippen molar-refractivity contribution in [3.63, 3.8) is 0 Å². The summed E-state index contributed by atoms with van der Waals surface area (Å²) in [5.74, 6) is 0. The first kappa shape index (κ1) is 12.1. The molecule has 0 unspecified atom stereocenters. The first-order valence-electron chi connectivity index (χ1n) is 4.95. The molecule has 0 aliphatic rings. The van der Waals surface area contributed by atoms with Crippen molar-refractivity contribution < 1.29 is 8.42 Å². The van der Waals surface area contributed by atoms with Gasteiger partial charge in [-0.3, -0.25) is 4.98 Å².